The highest BCUT2D eigenvalue weighted by atomic mass is 35.5. The van der Waals surface area contributed by atoms with Crippen LogP contribution in [-0.2, 0) is 4.79 Å². The van der Waals surface area contributed by atoms with Crippen LogP contribution < -0.4 is 5.32 Å². The maximum absolute atomic E-state index is 12.2. The number of fused-ring (bicyclic) bond motifs is 1. The minimum Gasteiger partial charge on any atom is -0.325 e. The number of anilines is 1. The molecule has 0 fully saturated rings. The van der Waals surface area contributed by atoms with Gasteiger partial charge < -0.3 is 5.32 Å². The fourth-order valence-corrected chi connectivity index (χ4v) is 3.67. The highest BCUT2D eigenvalue weighted by Crippen LogP contribution is 2.23. The summed E-state index contributed by atoms with van der Waals surface area (Å²) >= 11 is 7.53. The Kier molecular flexibility index (Phi) is 5.96. The first kappa shape index (κ1) is 18.5. The summed E-state index contributed by atoms with van der Waals surface area (Å²) in [7, 11) is 0. The Morgan fingerprint density at radius 1 is 0.962 bits per heavy atom. The van der Waals surface area contributed by atoms with Crippen molar-refractivity contribution < 1.29 is 14.4 Å². The zero-order valence-electron chi connectivity index (χ0n) is 13.9. The molecule has 0 unspecified atom stereocenters. The minimum absolute atomic E-state index is 0.119. The number of hydrogen-bond acceptors (Lipinski definition) is 4. The van der Waals surface area contributed by atoms with E-state index in [1.807, 2.05) is 0 Å². The van der Waals surface area contributed by atoms with Crippen LogP contribution in [0.5, 0.6) is 0 Å². The molecule has 1 N–H and O–H groups in total. The second kappa shape index (κ2) is 8.38. The molecule has 134 valence electrons. The Balaban J connectivity index is 1.40. The number of rotatable bonds is 7. The lowest BCUT2D eigenvalue weighted by Gasteiger charge is -2.13. The van der Waals surface area contributed by atoms with Crippen LogP contribution in [0, 0.1) is 0 Å². The number of benzene rings is 2. The quantitative estimate of drug-likeness (QED) is 0.580. The number of carbonyl (C=O) groups is 3. The van der Waals surface area contributed by atoms with E-state index in [1.165, 1.54) is 16.7 Å². The number of halogens is 1. The van der Waals surface area contributed by atoms with Crippen molar-refractivity contribution >= 4 is 46.8 Å². The largest absolute Gasteiger partial charge is 0.325 e. The number of carbonyl (C=O) groups excluding carboxylic acids is 3. The van der Waals surface area contributed by atoms with Crippen LogP contribution in [-0.4, -0.2) is 40.7 Å². The van der Waals surface area contributed by atoms with Gasteiger partial charge in [0, 0.05) is 24.5 Å². The van der Waals surface area contributed by atoms with Crippen LogP contribution >= 0.6 is 23.4 Å². The Morgan fingerprint density at radius 2 is 1.58 bits per heavy atom. The van der Waals surface area contributed by atoms with Crippen molar-refractivity contribution in [1.82, 2.24) is 4.90 Å². The fourth-order valence-electron chi connectivity index (χ4n) is 2.64. The summed E-state index contributed by atoms with van der Waals surface area (Å²) in [5.41, 5.74) is 1.51. The Hall–Kier alpha value is -2.31. The molecule has 3 amide bonds. The molecule has 0 atom stereocenters. The maximum Gasteiger partial charge on any atom is 0.261 e. The molecule has 0 aliphatic carbocycles. The Labute approximate surface area is 160 Å². The van der Waals surface area contributed by atoms with Gasteiger partial charge in [0.25, 0.3) is 11.8 Å². The monoisotopic (exact) mass is 388 g/mol. The Morgan fingerprint density at radius 3 is 2.23 bits per heavy atom. The molecule has 0 radical (unpaired) electrons. The first-order chi connectivity index (χ1) is 12.6. The zero-order valence-corrected chi connectivity index (χ0v) is 15.5. The van der Waals surface area contributed by atoms with Gasteiger partial charge in [0.15, 0.2) is 0 Å². The van der Waals surface area contributed by atoms with Crippen LogP contribution in [0.15, 0.2) is 48.5 Å². The molecule has 1 aliphatic heterocycles. The highest BCUT2D eigenvalue weighted by Gasteiger charge is 2.34. The zero-order chi connectivity index (χ0) is 18.5. The van der Waals surface area contributed by atoms with Crippen LogP contribution in [0.25, 0.3) is 0 Å². The molecular formula is C19H17ClN2O3S. The van der Waals surface area contributed by atoms with Crippen LogP contribution in [0.4, 0.5) is 5.69 Å². The summed E-state index contributed by atoms with van der Waals surface area (Å²) in [6, 6.07) is 13.9. The molecule has 0 saturated carbocycles. The topological polar surface area (TPSA) is 66.5 Å². The van der Waals surface area contributed by atoms with E-state index in [0.717, 1.165) is 0 Å². The SMILES string of the molecule is O=C(CCSCCN1C(=O)c2ccccc2C1=O)Nc1ccccc1Cl. The summed E-state index contributed by atoms with van der Waals surface area (Å²) in [5, 5.41) is 3.26. The second-order valence-corrected chi connectivity index (χ2v) is 7.33. The van der Waals surface area contributed by atoms with Gasteiger partial charge in [-0.1, -0.05) is 35.9 Å². The summed E-state index contributed by atoms with van der Waals surface area (Å²) < 4.78 is 0. The third-order valence-corrected chi connectivity index (χ3v) is 5.25. The lowest BCUT2D eigenvalue weighted by molar-refractivity contribution is -0.115. The molecular weight excluding hydrogens is 372 g/mol. The van der Waals surface area contributed by atoms with Gasteiger partial charge in [0.05, 0.1) is 21.8 Å². The predicted molar refractivity (Wildman–Crippen MR) is 104 cm³/mol. The van der Waals surface area contributed by atoms with E-state index in [1.54, 1.807) is 48.5 Å². The van der Waals surface area contributed by atoms with Gasteiger partial charge in [-0.2, -0.15) is 11.8 Å². The first-order valence-corrected chi connectivity index (χ1v) is 9.68. The molecule has 3 rings (SSSR count). The molecule has 7 heteroatoms. The van der Waals surface area contributed by atoms with Gasteiger partial charge in [0.2, 0.25) is 5.91 Å². The van der Waals surface area contributed by atoms with E-state index < -0.39 is 0 Å². The van der Waals surface area contributed by atoms with Crippen molar-refractivity contribution in [3.05, 3.63) is 64.7 Å². The van der Waals surface area contributed by atoms with Crippen molar-refractivity contribution in [2.24, 2.45) is 0 Å². The van der Waals surface area contributed by atoms with Gasteiger partial charge in [-0.25, -0.2) is 0 Å². The number of thioether (sulfide) groups is 1. The van der Waals surface area contributed by atoms with Gasteiger partial charge in [0.1, 0.15) is 0 Å². The van der Waals surface area contributed by atoms with E-state index in [-0.39, 0.29) is 17.7 Å². The lowest BCUT2D eigenvalue weighted by atomic mass is 10.1. The summed E-state index contributed by atoms with van der Waals surface area (Å²) in [5.74, 6) is 0.571. The van der Waals surface area contributed by atoms with E-state index in [9.17, 15) is 14.4 Å². The fraction of sp³-hybridized carbons (Fsp3) is 0.211. The number of nitrogens with zero attached hydrogens (tertiary/aromatic N) is 1. The van der Waals surface area contributed by atoms with E-state index >= 15 is 0 Å². The average Bonchev–Trinajstić information content (AvgIpc) is 2.88. The second-order valence-electron chi connectivity index (χ2n) is 5.70. The Bertz CT molecular complexity index is 821. The van der Waals surface area contributed by atoms with Crippen molar-refractivity contribution in [1.29, 1.82) is 0 Å². The molecule has 0 saturated heterocycles. The molecule has 1 aliphatic rings. The third kappa shape index (κ3) is 4.08. The molecule has 26 heavy (non-hydrogen) atoms. The number of nitrogens with one attached hydrogen (secondary N) is 1. The molecule has 5 nitrogen and oxygen atoms in total. The smallest absolute Gasteiger partial charge is 0.261 e. The number of imide groups is 1. The molecule has 2 aromatic carbocycles. The number of hydrogen-bond donors (Lipinski definition) is 1. The van der Waals surface area contributed by atoms with Gasteiger partial charge in [-0.15, -0.1) is 0 Å². The normalized spacial score (nSPS) is 13.0. The summed E-state index contributed by atoms with van der Waals surface area (Å²) in [6.45, 7) is 0.336. The predicted octanol–water partition coefficient (Wildman–Crippen LogP) is 3.70. The van der Waals surface area contributed by atoms with Crippen LogP contribution in [0.3, 0.4) is 0 Å². The van der Waals surface area contributed by atoms with Crippen molar-refractivity contribution in [3.8, 4) is 0 Å². The summed E-state index contributed by atoms with van der Waals surface area (Å²) in [4.78, 5) is 37.7. The first-order valence-electron chi connectivity index (χ1n) is 8.15. The van der Waals surface area contributed by atoms with Gasteiger partial charge in [-0.3, -0.25) is 19.3 Å². The highest BCUT2D eigenvalue weighted by molar-refractivity contribution is 7.99. The number of para-hydroxylation sites is 1. The van der Waals surface area contributed by atoms with Gasteiger partial charge in [-0.05, 0) is 24.3 Å². The molecule has 0 bridgehead atoms. The van der Waals surface area contributed by atoms with Crippen molar-refractivity contribution in [2.75, 3.05) is 23.4 Å². The lowest BCUT2D eigenvalue weighted by Crippen LogP contribution is -2.31. The van der Waals surface area contributed by atoms with Crippen LogP contribution in [0.2, 0.25) is 5.02 Å². The van der Waals surface area contributed by atoms with Crippen molar-refractivity contribution in [3.63, 3.8) is 0 Å². The standard InChI is InChI=1S/C19H17ClN2O3S/c20-15-7-3-4-8-16(15)21-17(23)9-11-26-12-10-22-18(24)13-5-1-2-6-14(13)19(22)25/h1-8H,9-12H2,(H,21,23). The van der Waals surface area contributed by atoms with E-state index in [4.69, 9.17) is 11.6 Å². The third-order valence-electron chi connectivity index (χ3n) is 3.96. The molecule has 2 aromatic rings. The average molecular weight is 389 g/mol. The molecule has 1 heterocycles. The molecule has 0 spiro atoms. The van der Waals surface area contributed by atoms with Gasteiger partial charge >= 0.3 is 0 Å². The number of amides is 3. The van der Waals surface area contributed by atoms with E-state index in [2.05, 4.69) is 5.32 Å². The summed E-state index contributed by atoms with van der Waals surface area (Å²) in [6.07, 6.45) is 0.331. The van der Waals surface area contributed by atoms with Crippen molar-refractivity contribution in [2.45, 2.75) is 6.42 Å². The maximum atomic E-state index is 12.2. The van der Waals surface area contributed by atoms with E-state index in [0.29, 0.717) is 46.3 Å². The minimum atomic E-state index is -0.248. The molecule has 0 aromatic heterocycles. The van der Waals surface area contributed by atoms with Crippen LogP contribution in [0.1, 0.15) is 27.1 Å².